The van der Waals surface area contributed by atoms with Crippen LogP contribution in [0.1, 0.15) is 6.42 Å². The first-order valence-corrected chi connectivity index (χ1v) is 6.42. The number of amides is 2. The molecule has 0 aliphatic carbocycles. The Morgan fingerprint density at radius 2 is 1.71 bits per heavy atom. The molecule has 0 heterocycles. The van der Waals surface area contributed by atoms with E-state index in [1.54, 1.807) is 0 Å². The van der Waals surface area contributed by atoms with Crippen molar-refractivity contribution in [3.05, 3.63) is 0 Å². The van der Waals surface area contributed by atoms with Gasteiger partial charge in [0.2, 0.25) is 11.8 Å². The third-order valence-electron chi connectivity index (χ3n) is 2.69. The molecular weight excluding hydrogens is 282 g/mol. The minimum atomic E-state index is -1.23. The van der Waals surface area contributed by atoms with Crippen LogP contribution >= 0.6 is 0 Å². The van der Waals surface area contributed by atoms with Gasteiger partial charge in [0, 0.05) is 27.3 Å². The highest BCUT2D eigenvalue weighted by Crippen LogP contribution is 1.95. The maximum atomic E-state index is 12.0. The van der Waals surface area contributed by atoms with Crippen molar-refractivity contribution in [1.82, 2.24) is 10.2 Å². The van der Waals surface area contributed by atoms with Gasteiger partial charge in [0.15, 0.2) is 0 Å². The summed E-state index contributed by atoms with van der Waals surface area (Å²) in [6.07, 6.45) is -0.376. The van der Waals surface area contributed by atoms with E-state index in [1.165, 1.54) is 19.1 Å². The molecule has 0 saturated heterocycles. The lowest BCUT2D eigenvalue weighted by Crippen LogP contribution is -2.47. The van der Waals surface area contributed by atoms with Gasteiger partial charge >= 0.3 is 5.97 Å². The van der Waals surface area contributed by atoms with Crippen molar-refractivity contribution in [3.63, 3.8) is 0 Å². The predicted octanol–water partition coefficient (Wildman–Crippen LogP) is -1.97. The molecule has 0 radical (unpaired) electrons. The van der Waals surface area contributed by atoms with Crippen LogP contribution in [0.25, 0.3) is 0 Å². The smallest absolute Gasteiger partial charge is 0.321 e. The number of nitrogens with two attached hydrogens (primary N) is 1. The normalized spacial score (nSPS) is 11.9. The summed E-state index contributed by atoms with van der Waals surface area (Å²) in [5.74, 6) is -2.29. The Morgan fingerprint density at radius 1 is 1.19 bits per heavy atom. The third kappa shape index (κ3) is 8.95. The van der Waals surface area contributed by atoms with Crippen molar-refractivity contribution in [3.8, 4) is 0 Å². The van der Waals surface area contributed by atoms with Crippen molar-refractivity contribution in [1.29, 1.82) is 0 Å². The second-order valence-electron chi connectivity index (χ2n) is 4.31. The standard InChI is InChI=1S/C12H23N3O6/c1-20-5-3-15(4-6-21-2)11(17)8-14-9(12(18)19)7-10(13)16/h9,14H,3-8H2,1-2H3,(H2,13,16)(H,18,19)/t9-/m0/s1. The summed E-state index contributed by atoms with van der Waals surface area (Å²) in [5.41, 5.74) is 4.96. The molecule has 1 atom stereocenters. The number of carboxylic acid groups (broad SMARTS) is 1. The van der Waals surface area contributed by atoms with E-state index in [-0.39, 0.29) is 18.9 Å². The first-order valence-electron chi connectivity index (χ1n) is 6.42. The number of nitrogens with zero attached hydrogens (tertiary/aromatic N) is 1. The van der Waals surface area contributed by atoms with Crippen LogP contribution < -0.4 is 11.1 Å². The van der Waals surface area contributed by atoms with Crippen LogP contribution in [0.3, 0.4) is 0 Å². The van der Waals surface area contributed by atoms with Crippen molar-refractivity contribution in [2.45, 2.75) is 12.5 Å². The summed E-state index contributed by atoms with van der Waals surface area (Å²) in [7, 11) is 3.04. The van der Waals surface area contributed by atoms with Gasteiger partial charge in [0.25, 0.3) is 0 Å². The van der Waals surface area contributed by atoms with Crippen LogP contribution in [0.4, 0.5) is 0 Å². The SMILES string of the molecule is COCCN(CCOC)C(=O)CN[C@@H](CC(N)=O)C(=O)O. The fraction of sp³-hybridized carbons (Fsp3) is 0.750. The molecule has 0 unspecified atom stereocenters. The monoisotopic (exact) mass is 305 g/mol. The van der Waals surface area contributed by atoms with E-state index in [4.69, 9.17) is 20.3 Å². The zero-order chi connectivity index (χ0) is 16.3. The molecule has 0 aromatic carbocycles. The van der Waals surface area contributed by atoms with Gasteiger partial charge in [-0.1, -0.05) is 0 Å². The fourth-order valence-corrected chi connectivity index (χ4v) is 1.53. The molecule has 0 aliphatic rings. The highest BCUT2D eigenvalue weighted by atomic mass is 16.5. The quantitative estimate of drug-likeness (QED) is 0.381. The lowest BCUT2D eigenvalue weighted by molar-refractivity contribution is -0.141. The minimum Gasteiger partial charge on any atom is -0.480 e. The number of nitrogens with one attached hydrogen (secondary N) is 1. The molecule has 0 saturated carbocycles. The van der Waals surface area contributed by atoms with E-state index in [0.29, 0.717) is 26.3 Å². The Kier molecular flexibility index (Phi) is 10.1. The van der Waals surface area contributed by atoms with Gasteiger partial charge in [-0.15, -0.1) is 0 Å². The summed E-state index contributed by atoms with van der Waals surface area (Å²) >= 11 is 0. The summed E-state index contributed by atoms with van der Waals surface area (Å²) in [6, 6.07) is -1.18. The van der Waals surface area contributed by atoms with Crippen LogP contribution in [0.5, 0.6) is 0 Å². The third-order valence-corrected chi connectivity index (χ3v) is 2.69. The van der Waals surface area contributed by atoms with Crippen LogP contribution in [0.15, 0.2) is 0 Å². The Balaban J connectivity index is 4.43. The number of aliphatic carboxylic acids is 1. The number of carboxylic acids is 1. The molecule has 0 aromatic heterocycles. The van der Waals surface area contributed by atoms with E-state index >= 15 is 0 Å². The Hall–Kier alpha value is -1.71. The van der Waals surface area contributed by atoms with E-state index in [9.17, 15) is 14.4 Å². The number of primary amides is 1. The van der Waals surface area contributed by atoms with Gasteiger partial charge in [-0.2, -0.15) is 0 Å². The summed E-state index contributed by atoms with van der Waals surface area (Å²) in [5, 5.41) is 11.4. The molecule has 0 aromatic rings. The van der Waals surface area contributed by atoms with E-state index < -0.39 is 17.9 Å². The average Bonchev–Trinajstić information content (AvgIpc) is 2.42. The Morgan fingerprint density at radius 3 is 2.10 bits per heavy atom. The fourth-order valence-electron chi connectivity index (χ4n) is 1.53. The maximum absolute atomic E-state index is 12.0. The average molecular weight is 305 g/mol. The van der Waals surface area contributed by atoms with Crippen LogP contribution in [-0.4, -0.2) is 80.9 Å². The molecule has 4 N–H and O–H groups in total. The minimum absolute atomic E-state index is 0.211. The van der Waals surface area contributed by atoms with Crippen molar-refractivity contribution >= 4 is 17.8 Å². The van der Waals surface area contributed by atoms with Crippen LogP contribution in [-0.2, 0) is 23.9 Å². The second-order valence-corrected chi connectivity index (χ2v) is 4.31. The zero-order valence-electron chi connectivity index (χ0n) is 12.3. The topological polar surface area (TPSA) is 131 Å². The van der Waals surface area contributed by atoms with Gasteiger partial charge in [-0.3, -0.25) is 19.7 Å². The second kappa shape index (κ2) is 11.0. The highest BCUT2D eigenvalue weighted by molar-refractivity contribution is 5.84. The number of carbonyl (C=O) groups excluding carboxylic acids is 2. The number of methoxy groups -OCH3 is 2. The first-order chi connectivity index (χ1) is 9.92. The highest BCUT2D eigenvalue weighted by Gasteiger charge is 2.22. The molecule has 0 bridgehead atoms. The molecular formula is C12H23N3O6. The number of carbonyl (C=O) groups is 3. The molecule has 122 valence electrons. The molecule has 0 aliphatic heterocycles. The van der Waals surface area contributed by atoms with Crippen molar-refractivity contribution < 1.29 is 29.0 Å². The van der Waals surface area contributed by atoms with Gasteiger partial charge in [0.1, 0.15) is 6.04 Å². The molecule has 0 spiro atoms. The van der Waals surface area contributed by atoms with Gasteiger partial charge in [-0.05, 0) is 0 Å². The van der Waals surface area contributed by atoms with Crippen LogP contribution in [0, 0.1) is 0 Å². The van der Waals surface area contributed by atoms with E-state index in [0.717, 1.165) is 0 Å². The molecule has 0 rings (SSSR count). The van der Waals surface area contributed by atoms with Crippen molar-refractivity contribution in [2.75, 3.05) is 47.1 Å². The Labute approximate surface area is 123 Å². The number of rotatable bonds is 12. The first kappa shape index (κ1) is 19.3. The molecule has 9 heteroatoms. The van der Waals surface area contributed by atoms with E-state index in [2.05, 4.69) is 5.32 Å². The maximum Gasteiger partial charge on any atom is 0.321 e. The summed E-state index contributed by atoms with van der Waals surface area (Å²) in [6.45, 7) is 1.25. The van der Waals surface area contributed by atoms with Gasteiger partial charge < -0.3 is 25.2 Å². The molecule has 2 amide bonds. The number of hydrogen-bond acceptors (Lipinski definition) is 6. The predicted molar refractivity (Wildman–Crippen MR) is 73.6 cm³/mol. The molecule has 0 fully saturated rings. The van der Waals surface area contributed by atoms with E-state index in [1.807, 2.05) is 0 Å². The Bertz CT molecular complexity index is 342. The van der Waals surface area contributed by atoms with Crippen LogP contribution in [0.2, 0.25) is 0 Å². The van der Waals surface area contributed by atoms with Gasteiger partial charge in [-0.25, -0.2) is 0 Å². The number of hydrogen-bond donors (Lipinski definition) is 3. The summed E-state index contributed by atoms with van der Waals surface area (Å²) < 4.78 is 9.82. The number of ether oxygens (including phenoxy) is 2. The van der Waals surface area contributed by atoms with Crippen molar-refractivity contribution in [2.24, 2.45) is 5.73 Å². The molecule has 21 heavy (non-hydrogen) atoms. The summed E-state index contributed by atoms with van der Waals surface area (Å²) in [4.78, 5) is 35.2. The zero-order valence-corrected chi connectivity index (χ0v) is 12.3. The largest absolute Gasteiger partial charge is 0.480 e. The lowest BCUT2D eigenvalue weighted by atomic mass is 10.2. The van der Waals surface area contributed by atoms with Gasteiger partial charge in [0.05, 0.1) is 26.2 Å². The molecule has 9 nitrogen and oxygen atoms in total. The lowest BCUT2D eigenvalue weighted by Gasteiger charge is -2.23.